The minimum Gasteiger partial charge on any atom is -0.467 e. The van der Waals surface area contributed by atoms with Crippen LogP contribution in [0.3, 0.4) is 0 Å². The van der Waals surface area contributed by atoms with Crippen molar-refractivity contribution in [2.45, 2.75) is 49.9 Å². The van der Waals surface area contributed by atoms with Crippen molar-refractivity contribution in [3.63, 3.8) is 0 Å². The van der Waals surface area contributed by atoms with Crippen LogP contribution in [0.2, 0.25) is 0 Å². The maximum atomic E-state index is 12.2. The lowest BCUT2D eigenvalue weighted by Crippen LogP contribution is -2.67. The van der Waals surface area contributed by atoms with E-state index in [1.807, 2.05) is 0 Å². The highest BCUT2D eigenvalue weighted by molar-refractivity contribution is 5.88. The molecule has 0 amide bonds. The average molecular weight is 249 g/mol. The molecule has 2 rings (SSSR count). The third kappa shape index (κ3) is 0.975. The number of carbonyl (C=O) groups is 1. The van der Waals surface area contributed by atoms with E-state index in [1.165, 1.54) is 7.11 Å². The van der Waals surface area contributed by atoms with Crippen molar-refractivity contribution in [3.8, 4) is 6.07 Å². The van der Waals surface area contributed by atoms with Gasteiger partial charge < -0.3 is 4.74 Å². The molecule has 0 bridgehead atoms. The molecule has 0 aromatic rings. The molecule has 0 saturated heterocycles. The maximum absolute atomic E-state index is 12.2. The standard InChI is InChI=1S/C11H15N5O2/c1-8(2)10(6-12)11(16-13-8,7(17)18-5)9(3,4)14-15-10/h1-5H3. The molecule has 2 aliphatic rings. The first-order chi connectivity index (χ1) is 8.21. The van der Waals surface area contributed by atoms with Gasteiger partial charge in [-0.05, 0) is 27.7 Å². The van der Waals surface area contributed by atoms with Gasteiger partial charge in [0.15, 0.2) is 0 Å². The number of nitriles is 1. The fourth-order valence-electron chi connectivity index (χ4n) is 2.65. The van der Waals surface area contributed by atoms with Crippen LogP contribution in [0.4, 0.5) is 0 Å². The number of ether oxygens (including phenoxy) is 1. The van der Waals surface area contributed by atoms with Gasteiger partial charge in [-0.25, -0.2) is 4.79 Å². The van der Waals surface area contributed by atoms with E-state index in [0.29, 0.717) is 0 Å². The molecule has 2 aliphatic heterocycles. The number of methoxy groups -OCH3 is 1. The zero-order chi connectivity index (χ0) is 13.8. The van der Waals surface area contributed by atoms with Gasteiger partial charge in [-0.2, -0.15) is 25.7 Å². The first kappa shape index (κ1) is 12.6. The number of esters is 1. The summed E-state index contributed by atoms with van der Waals surface area (Å²) in [5.41, 5.74) is -4.84. The van der Waals surface area contributed by atoms with Gasteiger partial charge >= 0.3 is 5.97 Å². The molecule has 7 heteroatoms. The molecule has 18 heavy (non-hydrogen) atoms. The number of hydrogen-bond acceptors (Lipinski definition) is 7. The highest BCUT2D eigenvalue weighted by atomic mass is 16.5. The summed E-state index contributed by atoms with van der Waals surface area (Å²) in [5.74, 6) is -0.631. The van der Waals surface area contributed by atoms with Gasteiger partial charge in [0.1, 0.15) is 17.1 Å². The first-order valence-corrected chi connectivity index (χ1v) is 5.58. The van der Waals surface area contributed by atoms with Crippen LogP contribution in [-0.2, 0) is 9.53 Å². The van der Waals surface area contributed by atoms with Crippen LogP contribution in [0.25, 0.3) is 0 Å². The Kier molecular flexibility index (Phi) is 2.19. The lowest BCUT2D eigenvalue weighted by molar-refractivity contribution is -0.150. The van der Waals surface area contributed by atoms with Gasteiger partial charge in [-0.3, -0.25) is 0 Å². The lowest BCUT2D eigenvalue weighted by atomic mass is 9.62. The highest BCUT2D eigenvalue weighted by Crippen LogP contribution is 2.57. The predicted octanol–water partition coefficient (Wildman–Crippen LogP) is 1.65. The van der Waals surface area contributed by atoms with Crippen molar-refractivity contribution in [1.29, 1.82) is 5.26 Å². The minimum atomic E-state index is -1.51. The summed E-state index contributed by atoms with van der Waals surface area (Å²) in [5, 5.41) is 25.9. The lowest BCUT2D eigenvalue weighted by Gasteiger charge is -2.37. The molecule has 0 fully saturated rings. The van der Waals surface area contributed by atoms with Gasteiger partial charge in [0, 0.05) is 0 Å². The van der Waals surface area contributed by atoms with E-state index in [9.17, 15) is 10.1 Å². The van der Waals surface area contributed by atoms with E-state index in [1.54, 1.807) is 27.7 Å². The highest BCUT2D eigenvalue weighted by Gasteiger charge is 2.80. The minimum absolute atomic E-state index is 0.631. The number of hydrogen-bond donors (Lipinski definition) is 0. The fraction of sp³-hybridized carbons (Fsp3) is 0.818. The van der Waals surface area contributed by atoms with Crippen LogP contribution >= 0.6 is 0 Å². The molecule has 0 radical (unpaired) electrons. The summed E-state index contributed by atoms with van der Waals surface area (Å²) < 4.78 is 4.83. The molecule has 0 saturated carbocycles. The van der Waals surface area contributed by atoms with Crippen molar-refractivity contribution in [3.05, 3.63) is 0 Å². The Morgan fingerprint density at radius 1 is 1.06 bits per heavy atom. The molecule has 7 nitrogen and oxygen atoms in total. The summed E-state index contributed by atoms with van der Waals surface area (Å²) in [6.07, 6.45) is 0. The second-order valence-corrected chi connectivity index (χ2v) is 5.54. The molecule has 0 spiro atoms. The van der Waals surface area contributed by atoms with Gasteiger partial charge in [0.2, 0.25) is 11.1 Å². The van der Waals surface area contributed by atoms with Gasteiger partial charge in [0.05, 0.1) is 7.11 Å². The summed E-state index contributed by atoms with van der Waals surface area (Å²) >= 11 is 0. The average Bonchev–Trinajstić information content (AvgIpc) is 2.69. The Morgan fingerprint density at radius 2 is 1.61 bits per heavy atom. The van der Waals surface area contributed by atoms with Crippen LogP contribution in [0, 0.1) is 11.3 Å². The molecule has 96 valence electrons. The fourth-order valence-corrected chi connectivity index (χ4v) is 2.65. The van der Waals surface area contributed by atoms with Crippen LogP contribution in [0.15, 0.2) is 20.5 Å². The molecule has 2 heterocycles. The third-order valence-corrected chi connectivity index (χ3v) is 3.84. The molecule has 2 atom stereocenters. The second kappa shape index (κ2) is 3.13. The Hall–Kier alpha value is -1.84. The number of azo groups is 2. The summed E-state index contributed by atoms with van der Waals surface area (Å²) in [4.78, 5) is 12.2. The maximum Gasteiger partial charge on any atom is 0.342 e. The van der Waals surface area contributed by atoms with Crippen LogP contribution in [0.1, 0.15) is 27.7 Å². The van der Waals surface area contributed by atoms with Gasteiger partial charge in [0.25, 0.3) is 0 Å². The van der Waals surface area contributed by atoms with Crippen LogP contribution in [-0.4, -0.2) is 35.2 Å². The van der Waals surface area contributed by atoms with Crippen molar-refractivity contribution in [2.24, 2.45) is 20.5 Å². The monoisotopic (exact) mass is 249 g/mol. The van der Waals surface area contributed by atoms with E-state index in [2.05, 4.69) is 26.5 Å². The normalized spacial score (nSPS) is 38.2. The molecule has 0 N–H and O–H groups in total. The summed E-state index contributed by atoms with van der Waals surface area (Å²) in [7, 11) is 1.26. The topological polar surface area (TPSA) is 99.5 Å². The molecule has 0 aromatic heterocycles. The Bertz CT molecular complexity index is 516. The number of rotatable bonds is 1. The first-order valence-electron chi connectivity index (χ1n) is 5.58. The van der Waals surface area contributed by atoms with E-state index in [4.69, 9.17) is 4.74 Å². The zero-order valence-electron chi connectivity index (χ0n) is 11.1. The zero-order valence-corrected chi connectivity index (χ0v) is 11.1. The molecular formula is C11H15N5O2. The summed E-state index contributed by atoms with van der Waals surface area (Å²) in [6, 6.07) is 2.09. The van der Waals surface area contributed by atoms with Crippen LogP contribution < -0.4 is 0 Å². The van der Waals surface area contributed by atoms with Crippen molar-refractivity contribution in [2.75, 3.05) is 7.11 Å². The Morgan fingerprint density at radius 3 is 2.11 bits per heavy atom. The molecule has 2 unspecified atom stereocenters. The molecular weight excluding hydrogens is 234 g/mol. The Balaban J connectivity index is 2.78. The number of carbonyl (C=O) groups excluding carboxylic acids is 1. The van der Waals surface area contributed by atoms with Crippen molar-refractivity contribution in [1.82, 2.24) is 0 Å². The quantitative estimate of drug-likeness (QED) is 0.660. The SMILES string of the molecule is COC(=O)C12N=NC(C)(C)C1(C#N)N=NC2(C)C. The van der Waals surface area contributed by atoms with E-state index >= 15 is 0 Å². The second-order valence-electron chi connectivity index (χ2n) is 5.54. The number of nitrogens with zero attached hydrogens (tertiary/aromatic N) is 5. The van der Waals surface area contributed by atoms with E-state index in [-0.39, 0.29) is 0 Å². The number of fused-ring (bicyclic) bond motifs is 1. The van der Waals surface area contributed by atoms with Crippen molar-refractivity contribution >= 4 is 5.97 Å². The molecule has 0 aromatic carbocycles. The largest absolute Gasteiger partial charge is 0.467 e. The summed E-state index contributed by atoms with van der Waals surface area (Å²) in [6.45, 7) is 6.83. The van der Waals surface area contributed by atoms with Gasteiger partial charge in [-0.1, -0.05) is 0 Å². The van der Waals surface area contributed by atoms with E-state index < -0.39 is 28.1 Å². The third-order valence-electron chi connectivity index (χ3n) is 3.84. The van der Waals surface area contributed by atoms with Gasteiger partial charge in [-0.15, -0.1) is 0 Å². The predicted molar refractivity (Wildman–Crippen MR) is 61.0 cm³/mol. The van der Waals surface area contributed by atoms with E-state index in [0.717, 1.165) is 0 Å². The smallest absolute Gasteiger partial charge is 0.342 e. The molecule has 0 aliphatic carbocycles. The Labute approximate surface area is 105 Å². The van der Waals surface area contributed by atoms with Crippen molar-refractivity contribution < 1.29 is 9.53 Å². The van der Waals surface area contributed by atoms with Crippen LogP contribution in [0.5, 0.6) is 0 Å².